The third kappa shape index (κ3) is 3.42. The number of benzene rings is 1. The van der Waals surface area contributed by atoms with Gasteiger partial charge < -0.3 is 14.7 Å². The molecule has 2 heterocycles. The molecule has 138 valence electrons. The van der Waals surface area contributed by atoms with Gasteiger partial charge in [-0.05, 0) is 24.6 Å². The van der Waals surface area contributed by atoms with Gasteiger partial charge in [0.25, 0.3) is 0 Å². The predicted molar refractivity (Wildman–Crippen MR) is 85.2 cm³/mol. The standard InChI is InChI=1S/C17H16F3N3O3/c1-9-7-13(22-26-9)21-15(24)14-12(8-23(2)16(14)25)10-3-5-11(6-4-10)17(18,19)20/h3-7,12,14H,8H2,1-2H3,(H,21,22,24)/t12-,14+/m0/s1. The number of anilines is 1. The fourth-order valence-corrected chi connectivity index (χ4v) is 3.04. The molecular formula is C17H16F3N3O3. The molecule has 0 radical (unpaired) electrons. The van der Waals surface area contributed by atoms with E-state index in [4.69, 9.17) is 4.52 Å². The van der Waals surface area contributed by atoms with Gasteiger partial charge in [0.05, 0.1) is 5.56 Å². The topological polar surface area (TPSA) is 75.4 Å². The van der Waals surface area contributed by atoms with Crippen LogP contribution in [-0.4, -0.2) is 35.5 Å². The molecule has 2 aromatic rings. The molecule has 1 aromatic carbocycles. The number of carbonyl (C=O) groups excluding carboxylic acids is 2. The van der Waals surface area contributed by atoms with Gasteiger partial charge in [-0.25, -0.2) is 0 Å². The number of carbonyl (C=O) groups is 2. The van der Waals surface area contributed by atoms with Crippen LogP contribution in [0.3, 0.4) is 0 Å². The van der Waals surface area contributed by atoms with E-state index in [-0.39, 0.29) is 12.4 Å². The predicted octanol–water partition coefficient (Wildman–Crippen LogP) is 2.81. The SMILES string of the molecule is Cc1cc(NC(=O)[C@@H]2C(=O)N(C)C[C@H]2c2ccc(C(F)(F)F)cc2)no1. The number of nitrogens with zero attached hydrogens (tertiary/aromatic N) is 2. The molecule has 0 saturated carbocycles. The molecule has 2 atom stereocenters. The van der Waals surface area contributed by atoms with Crippen molar-refractivity contribution in [2.75, 3.05) is 18.9 Å². The fourth-order valence-electron chi connectivity index (χ4n) is 3.04. The van der Waals surface area contributed by atoms with Crippen molar-refractivity contribution in [1.82, 2.24) is 10.1 Å². The summed E-state index contributed by atoms with van der Waals surface area (Å²) in [6.07, 6.45) is -4.44. The number of rotatable bonds is 3. The van der Waals surface area contributed by atoms with E-state index >= 15 is 0 Å². The van der Waals surface area contributed by atoms with Crippen molar-refractivity contribution >= 4 is 17.6 Å². The zero-order chi connectivity index (χ0) is 19.1. The van der Waals surface area contributed by atoms with E-state index in [1.807, 2.05) is 0 Å². The number of amides is 2. The lowest BCUT2D eigenvalue weighted by molar-refractivity contribution is -0.138. The molecule has 3 rings (SSSR count). The summed E-state index contributed by atoms with van der Waals surface area (Å²) < 4.78 is 43.0. The minimum atomic E-state index is -4.44. The number of nitrogens with one attached hydrogen (secondary N) is 1. The summed E-state index contributed by atoms with van der Waals surface area (Å²) in [7, 11) is 1.55. The maximum absolute atomic E-state index is 12.7. The number of halogens is 3. The molecule has 1 aromatic heterocycles. The summed E-state index contributed by atoms with van der Waals surface area (Å²) >= 11 is 0. The van der Waals surface area contributed by atoms with Crippen molar-refractivity contribution in [3.05, 3.63) is 47.2 Å². The largest absolute Gasteiger partial charge is 0.416 e. The molecule has 1 N–H and O–H groups in total. The molecule has 0 aliphatic carbocycles. The first-order chi connectivity index (χ1) is 12.2. The number of hydrogen-bond acceptors (Lipinski definition) is 4. The summed E-state index contributed by atoms with van der Waals surface area (Å²) in [5.74, 6) is -1.89. The maximum atomic E-state index is 12.7. The molecule has 1 saturated heterocycles. The summed E-state index contributed by atoms with van der Waals surface area (Å²) in [5.41, 5.74) is -0.287. The van der Waals surface area contributed by atoms with Crippen LogP contribution in [0.2, 0.25) is 0 Å². The van der Waals surface area contributed by atoms with Crippen LogP contribution in [0.1, 0.15) is 22.8 Å². The Morgan fingerprint density at radius 1 is 1.31 bits per heavy atom. The van der Waals surface area contributed by atoms with E-state index in [1.165, 1.54) is 23.1 Å². The zero-order valence-corrected chi connectivity index (χ0v) is 14.0. The Balaban J connectivity index is 1.85. The molecule has 2 amide bonds. The molecule has 0 bridgehead atoms. The first kappa shape index (κ1) is 18.0. The van der Waals surface area contributed by atoms with Gasteiger partial charge in [0.15, 0.2) is 5.82 Å². The van der Waals surface area contributed by atoms with Crippen LogP contribution < -0.4 is 5.32 Å². The van der Waals surface area contributed by atoms with E-state index in [2.05, 4.69) is 10.5 Å². The summed E-state index contributed by atoms with van der Waals surface area (Å²) in [5, 5.41) is 6.17. The number of likely N-dealkylation sites (tertiary alicyclic amines) is 1. The second kappa shape index (κ2) is 6.47. The van der Waals surface area contributed by atoms with Crippen LogP contribution in [0.5, 0.6) is 0 Å². The highest BCUT2D eigenvalue weighted by molar-refractivity contribution is 6.08. The lowest BCUT2D eigenvalue weighted by Crippen LogP contribution is -2.32. The molecule has 1 fully saturated rings. The minimum absolute atomic E-state index is 0.182. The highest BCUT2D eigenvalue weighted by Crippen LogP contribution is 2.36. The smallest absolute Gasteiger partial charge is 0.360 e. The van der Waals surface area contributed by atoms with Gasteiger partial charge in [-0.2, -0.15) is 13.2 Å². The van der Waals surface area contributed by atoms with Gasteiger partial charge in [-0.3, -0.25) is 9.59 Å². The van der Waals surface area contributed by atoms with Crippen molar-refractivity contribution in [1.29, 1.82) is 0 Å². The van der Waals surface area contributed by atoms with Gasteiger partial charge in [0, 0.05) is 25.6 Å². The molecule has 6 nitrogen and oxygen atoms in total. The first-order valence-electron chi connectivity index (χ1n) is 7.83. The van der Waals surface area contributed by atoms with Crippen molar-refractivity contribution in [2.24, 2.45) is 5.92 Å². The highest BCUT2D eigenvalue weighted by Gasteiger charge is 2.44. The number of aryl methyl sites for hydroxylation is 1. The Kier molecular flexibility index (Phi) is 4.47. The van der Waals surface area contributed by atoms with Gasteiger partial charge in [0.2, 0.25) is 11.8 Å². The Morgan fingerprint density at radius 2 is 1.96 bits per heavy atom. The Hall–Kier alpha value is -2.84. The van der Waals surface area contributed by atoms with Crippen LogP contribution in [0.4, 0.5) is 19.0 Å². The third-order valence-electron chi connectivity index (χ3n) is 4.34. The average Bonchev–Trinajstić information content (AvgIpc) is 3.10. The second-order valence-corrected chi connectivity index (χ2v) is 6.23. The molecule has 0 unspecified atom stereocenters. The zero-order valence-electron chi connectivity index (χ0n) is 14.0. The van der Waals surface area contributed by atoms with Crippen LogP contribution in [0.25, 0.3) is 0 Å². The van der Waals surface area contributed by atoms with Gasteiger partial charge in [-0.1, -0.05) is 17.3 Å². The maximum Gasteiger partial charge on any atom is 0.416 e. The highest BCUT2D eigenvalue weighted by atomic mass is 19.4. The lowest BCUT2D eigenvalue weighted by Gasteiger charge is -2.17. The van der Waals surface area contributed by atoms with Crippen LogP contribution in [0, 0.1) is 12.8 Å². The quantitative estimate of drug-likeness (QED) is 0.847. The summed E-state index contributed by atoms with van der Waals surface area (Å²) in [6.45, 7) is 1.89. The molecule has 9 heteroatoms. The van der Waals surface area contributed by atoms with Crippen LogP contribution >= 0.6 is 0 Å². The fraction of sp³-hybridized carbons (Fsp3) is 0.353. The van der Waals surface area contributed by atoms with E-state index < -0.39 is 35.4 Å². The van der Waals surface area contributed by atoms with Crippen LogP contribution in [-0.2, 0) is 15.8 Å². The average molecular weight is 367 g/mol. The van der Waals surface area contributed by atoms with E-state index in [0.717, 1.165) is 12.1 Å². The minimum Gasteiger partial charge on any atom is -0.360 e. The van der Waals surface area contributed by atoms with Crippen molar-refractivity contribution in [3.8, 4) is 0 Å². The summed E-state index contributed by atoms with van der Waals surface area (Å²) in [4.78, 5) is 26.4. The van der Waals surface area contributed by atoms with Crippen molar-refractivity contribution in [2.45, 2.75) is 19.0 Å². The van der Waals surface area contributed by atoms with Gasteiger partial charge in [-0.15, -0.1) is 0 Å². The summed E-state index contributed by atoms with van der Waals surface area (Å²) in [6, 6.07) is 6.03. The first-order valence-corrected chi connectivity index (χ1v) is 7.83. The number of aromatic nitrogens is 1. The number of likely N-dealkylation sites (N-methyl/N-ethyl adjacent to an activating group) is 1. The normalized spacial score (nSPS) is 20.5. The van der Waals surface area contributed by atoms with Gasteiger partial charge in [0.1, 0.15) is 11.7 Å². The monoisotopic (exact) mass is 367 g/mol. The van der Waals surface area contributed by atoms with Gasteiger partial charge >= 0.3 is 6.18 Å². The Labute approximate surface area is 146 Å². The molecule has 1 aliphatic heterocycles. The number of alkyl halides is 3. The Bertz CT molecular complexity index is 830. The molecule has 0 spiro atoms. The molecular weight excluding hydrogens is 351 g/mol. The lowest BCUT2D eigenvalue weighted by atomic mass is 9.87. The van der Waals surface area contributed by atoms with E-state index in [1.54, 1.807) is 14.0 Å². The van der Waals surface area contributed by atoms with E-state index in [0.29, 0.717) is 11.3 Å². The van der Waals surface area contributed by atoms with Crippen molar-refractivity contribution < 1.29 is 27.3 Å². The van der Waals surface area contributed by atoms with Crippen LogP contribution in [0.15, 0.2) is 34.9 Å². The number of hydrogen-bond donors (Lipinski definition) is 1. The van der Waals surface area contributed by atoms with Crippen molar-refractivity contribution in [3.63, 3.8) is 0 Å². The molecule has 26 heavy (non-hydrogen) atoms. The van der Waals surface area contributed by atoms with E-state index in [9.17, 15) is 22.8 Å². The molecule has 1 aliphatic rings. The second-order valence-electron chi connectivity index (χ2n) is 6.23. The Morgan fingerprint density at radius 3 is 2.50 bits per heavy atom. The third-order valence-corrected chi connectivity index (χ3v) is 4.34.